The minimum absolute atomic E-state index is 0.177. The lowest BCUT2D eigenvalue weighted by Gasteiger charge is -2.25. The van der Waals surface area contributed by atoms with Crippen molar-refractivity contribution in [2.24, 2.45) is 0 Å². The lowest BCUT2D eigenvalue weighted by molar-refractivity contribution is -0.116. The average molecular weight is 434 g/mol. The molecule has 2 aromatic heterocycles. The first kappa shape index (κ1) is 21.5. The van der Waals surface area contributed by atoms with Crippen LogP contribution >= 0.6 is 0 Å². The Morgan fingerprint density at radius 3 is 2.62 bits per heavy atom. The normalized spacial score (nSPS) is 10.9. The zero-order chi connectivity index (χ0) is 22.3. The third-order valence-electron chi connectivity index (χ3n) is 4.93. The van der Waals surface area contributed by atoms with E-state index in [-0.39, 0.29) is 18.1 Å². The van der Waals surface area contributed by atoms with E-state index >= 15 is 0 Å². The van der Waals surface area contributed by atoms with E-state index in [2.05, 4.69) is 10.3 Å². The number of amides is 1. The molecule has 0 aliphatic heterocycles. The molecule has 0 atom stereocenters. The molecule has 0 unspecified atom stereocenters. The summed E-state index contributed by atoms with van der Waals surface area (Å²) < 4.78 is 23.9. The molecule has 7 nitrogen and oxygen atoms in total. The smallest absolute Gasteiger partial charge is 0.226 e. The van der Waals surface area contributed by atoms with Crippen molar-refractivity contribution >= 4 is 28.3 Å². The van der Waals surface area contributed by atoms with Crippen molar-refractivity contribution < 1.29 is 18.3 Å². The number of methoxy groups -OCH3 is 1. The topological polar surface area (TPSA) is 80.5 Å². The van der Waals surface area contributed by atoms with Crippen molar-refractivity contribution in [1.82, 2.24) is 9.97 Å². The van der Waals surface area contributed by atoms with Crippen LogP contribution in [-0.2, 0) is 9.53 Å². The molecule has 0 spiro atoms. The van der Waals surface area contributed by atoms with E-state index in [1.807, 2.05) is 35.2 Å². The van der Waals surface area contributed by atoms with Crippen molar-refractivity contribution in [3.8, 4) is 11.6 Å². The molecule has 4 aromatic rings. The lowest BCUT2D eigenvalue weighted by Crippen LogP contribution is -2.32. The van der Waals surface area contributed by atoms with Crippen molar-refractivity contribution in [1.29, 1.82) is 0 Å². The van der Waals surface area contributed by atoms with Crippen molar-refractivity contribution in [3.63, 3.8) is 0 Å². The van der Waals surface area contributed by atoms with Gasteiger partial charge in [0.2, 0.25) is 5.91 Å². The zero-order valence-electron chi connectivity index (χ0n) is 17.6. The Labute approximate surface area is 184 Å². The molecule has 164 valence electrons. The highest BCUT2D eigenvalue weighted by molar-refractivity contribution is 5.93. The number of nitrogens with one attached hydrogen (secondary N) is 1. The van der Waals surface area contributed by atoms with E-state index in [9.17, 15) is 9.18 Å². The van der Waals surface area contributed by atoms with Crippen LogP contribution < -0.4 is 10.2 Å². The fourth-order valence-corrected chi connectivity index (χ4v) is 3.34. The number of benzene rings is 2. The van der Waals surface area contributed by atoms with E-state index in [1.165, 1.54) is 24.3 Å². The molecule has 0 saturated heterocycles. The number of halogens is 1. The Hall–Kier alpha value is -3.78. The second-order valence-electron chi connectivity index (χ2n) is 7.15. The SMILES string of the molecule is COCCN(CCC(=O)Nc1ccc(F)cc1)c1nc(-c2ccco2)nc2ccccc12. The molecular formula is C24H23FN4O3. The molecule has 4 rings (SSSR count). The molecule has 1 amide bonds. The van der Waals surface area contributed by atoms with Gasteiger partial charge in [0, 0.05) is 37.7 Å². The number of rotatable bonds is 9. The molecule has 0 bridgehead atoms. The predicted octanol–water partition coefficient (Wildman–Crippen LogP) is 4.51. The Balaban J connectivity index is 1.59. The van der Waals surface area contributed by atoms with Crippen LogP contribution in [0.15, 0.2) is 71.3 Å². The number of ether oxygens (including phenoxy) is 1. The number of nitrogens with zero attached hydrogens (tertiary/aromatic N) is 3. The summed E-state index contributed by atoms with van der Waals surface area (Å²) in [6.07, 6.45) is 1.80. The zero-order valence-corrected chi connectivity index (χ0v) is 17.6. The molecular weight excluding hydrogens is 411 g/mol. The maximum atomic E-state index is 13.1. The first-order valence-electron chi connectivity index (χ1n) is 10.2. The fraction of sp³-hybridized carbons (Fsp3) is 0.208. The summed E-state index contributed by atoms with van der Waals surface area (Å²) in [4.78, 5) is 23.9. The molecule has 0 radical (unpaired) electrons. The highest BCUT2D eigenvalue weighted by Crippen LogP contribution is 2.28. The number of furan rings is 1. The molecule has 2 heterocycles. The van der Waals surface area contributed by atoms with E-state index in [1.54, 1.807) is 19.4 Å². The molecule has 1 N–H and O–H groups in total. The summed E-state index contributed by atoms with van der Waals surface area (Å²) in [7, 11) is 1.63. The molecule has 0 aliphatic rings. The van der Waals surface area contributed by atoms with Crippen LogP contribution in [0.3, 0.4) is 0 Å². The molecule has 0 saturated carbocycles. The monoisotopic (exact) mass is 434 g/mol. The van der Waals surface area contributed by atoms with Gasteiger partial charge in [-0.3, -0.25) is 4.79 Å². The Morgan fingerprint density at radius 1 is 1.06 bits per heavy atom. The largest absolute Gasteiger partial charge is 0.461 e. The van der Waals surface area contributed by atoms with Gasteiger partial charge in [-0.2, -0.15) is 0 Å². The maximum Gasteiger partial charge on any atom is 0.226 e. The van der Waals surface area contributed by atoms with Crippen LogP contribution in [0.25, 0.3) is 22.5 Å². The van der Waals surface area contributed by atoms with Crippen LogP contribution in [0.4, 0.5) is 15.9 Å². The van der Waals surface area contributed by atoms with E-state index in [0.29, 0.717) is 42.8 Å². The van der Waals surface area contributed by atoms with Gasteiger partial charge in [-0.25, -0.2) is 14.4 Å². The maximum absolute atomic E-state index is 13.1. The van der Waals surface area contributed by atoms with Crippen LogP contribution in [0.5, 0.6) is 0 Å². The fourth-order valence-electron chi connectivity index (χ4n) is 3.34. The molecule has 0 fully saturated rings. The minimum Gasteiger partial charge on any atom is -0.461 e. The highest BCUT2D eigenvalue weighted by Gasteiger charge is 2.17. The Kier molecular flexibility index (Phi) is 6.72. The van der Waals surface area contributed by atoms with Gasteiger partial charge in [0.15, 0.2) is 11.6 Å². The van der Waals surface area contributed by atoms with Gasteiger partial charge in [-0.05, 0) is 48.5 Å². The second kappa shape index (κ2) is 10.0. The summed E-state index contributed by atoms with van der Waals surface area (Å²) >= 11 is 0. The number of hydrogen-bond acceptors (Lipinski definition) is 6. The van der Waals surface area contributed by atoms with Gasteiger partial charge in [0.05, 0.1) is 18.4 Å². The van der Waals surface area contributed by atoms with Crippen LogP contribution in [0.2, 0.25) is 0 Å². The minimum atomic E-state index is -0.350. The summed E-state index contributed by atoms with van der Waals surface area (Å²) in [5.41, 5.74) is 1.33. The summed E-state index contributed by atoms with van der Waals surface area (Å²) in [6, 6.07) is 17.0. The summed E-state index contributed by atoms with van der Waals surface area (Å²) in [5, 5.41) is 3.66. The Morgan fingerprint density at radius 2 is 1.88 bits per heavy atom. The number of anilines is 2. The number of fused-ring (bicyclic) bond motifs is 1. The van der Waals surface area contributed by atoms with Gasteiger partial charge >= 0.3 is 0 Å². The number of para-hydroxylation sites is 1. The molecule has 8 heteroatoms. The first-order valence-corrected chi connectivity index (χ1v) is 10.2. The van der Waals surface area contributed by atoms with E-state index in [4.69, 9.17) is 14.1 Å². The van der Waals surface area contributed by atoms with Crippen molar-refractivity contribution in [3.05, 3.63) is 72.7 Å². The van der Waals surface area contributed by atoms with Gasteiger partial charge in [0.25, 0.3) is 0 Å². The average Bonchev–Trinajstić information content (AvgIpc) is 3.35. The van der Waals surface area contributed by atoms with Gasteiger partial charge in [-0.1, -0.05) is 12.1 Å². The summed E-state index contributed by atoms with van der Waals surface area (Å²) in [5.74, 6) is 1.22. The van der Waals surface area contributed by atoms with Gasteiger partial charge in [0.1, 0.15) is 11.6 Å². The number of aromatic nitrogens is 2. The lowest BCUT2D eigenvalue weighted by atomic mass is 10.2. The van der Waals surface area contributed by atoms with Crippen LogP contribution in [-0.4, -0.2) is 42.7 Å². The number of carbonyl (C=O) groups is 1. The van der Waals surface area contributed by atoms with Crippen molar-refractivity contribution in [2.45, 2.75) is 6.42 Å². The van der Waals surface area contributed by atoms with Crippen molar-refractivity contribution in [2.75, 3.05) is 37.0 Å². The molecule has 2 aromatic carbocycles. The second-order valence-corrected chi connectivity index (χ2v) is 7.15. The molecule has 32 heavy (non-hydrogen) atoms. The van der Waals surface area contributed by atoms with E-state index in [0.717, 1.165) is 10.9 Å². The third kappa shape index (κ3) is 5.09. The molecule has 0 aliphatic carbocycles. The standard InChI is InChI=1S/C24H23FN4O3/c1-31-16-14-29(13-12-22(30)26-18-10-8-17(25)9-11-18)24-19-5-2-3-6-20(19)27-23(28-24)21-7-4-15-32-21/h2-11,15H,12-14,16H2,1H3,(H,26,30). The first-order chi connectivity index (χ1) is 15.6. The number of carbonyl (C=O) groups excluding carboxylic acids is 1. The van der Waals surface area contributed by atoms with E-state index < -0.39 is 0 Å². The number of hydrogen-bond donors (Lipinski definition) is 1. The van der Waals surface area contributed by atoms with Crippen LogP contribution in [0.1, 0.15) is 6.42 Å². The third-order valence-corrected chi connectivity index (χ3v) is 4.93. The van der Waals surface area contributed by atoms with Gasteiger partial charge < -0.3 is 19.4 Å². The highest BCUT2D eigenvalue weighted by atomic mass is 19.1. The Bertz CT molecular complexity index is 1180. The quantitative estimate of drug-likeness (QED) is 0.418. The van der Waals surface area contributed by atoms with Gasteiger partial charge in [-0.15, -0.1) is 0 Å². The predicted molar refractivity (Wildman–Crippen MR) is 121 cm³/mol. The van der Waals surface area contributed by atoms with Crippen LogP contribution in [0, 0.1) is 5.82 Å². The summed E-state index contributed by atoms with van der Waals surface area (Å²) in [6.45, 7) is 1.42.